The van der Waals surface area contributed by atoms with Crippen LogP contribution in [0.15, 0.2) is 116 Å². The van der Waals surface area contributed by atoms with Crippen LogP contribution in [0.5, 0.6) is 0 Å². The molecule has 0 bridgehead atoms. The highest BCUT2D eigenvalue weighted by molar-refractivity contribution is 6.13. The van der Waals surface area contributed by atoms with Crippen molar-refractivity contribution in [1.29, 1.82) is 0 Å². The van der Waals surface area contributed by atoms with Crippen molar-refractivity contribution in [3.63, 3.8) is 0 Å². The Bertz CT molecular complexity index is 1770. The number of ketones is 2. The number of benzene rings is 3. The number of aldehydes is 1. The van der Waals surface area contributed by atoms with E-state index in [1.165, 1.54) is 0 Å². The number of esters is 1. The number of Topliss-reactive ketones (excluding diaryl/α,β-unsaturated/α-hetero) is 2. The summed E-state index contributed by atoms with van der Waals surface area (Å²) in [4.78, 5) is 77.3. The first-order valence-corrected chi connectivity index (χ1v) is 18.3. The van der Waals surface area contributed by atoms with Crippen LogP contribution >= 0.6 is 0 Å². The molecule has 2 heterocycles. The van der Waals surface area contributed by atoms with Gasteiger partial charge in [0.2, 0.25) is 5.91 Å². The Hall–Kier alpha value is -5.24. The molecule has 0 aliphatic carbocycles. The van der Waals surface area contributed by atoms with Gasteiger partial charge in [0.15, 0.2) is 11.6 Å². The standard InChI is InChI=1S/C44H48N2O6/c1-2-52-43(51)40(41(49)37(29-34-13-6-3-7-14-34)24-28-46-27-12-19-39(46)48)44(32-47,31-36-17-10-5-11-18-36)42(50)38(30-35-15-8-4-9-16-35)21-20-33-22-25-45-26-23-33/h3-11,13-18,22-23,25-26,32,37-38,40H,2,12,19-21,24,27-31H2,1H3. The molecular weight excluding hydrogens is 652 g/mol. The summed E-state index contributed by atoms with van der Waals surface area (Å²) in [7, 11) is 0. The smallest absolute Gasteiger partial charge is 0.317 e. The normalized spacial score (nSPS) is 15.6. The van der Waals surface area contributed by atoms with Crippen molar-refractivity contribution >= 4 is 29.7 Å². The second-order valence-electron chi connectivity index (χ2n) is 13.7. The number of hydrogen-bond donors (Lipinski definition) is 0. The van der Waals surface area contributed by atoms with Crippen LogP contribution in [0.25, 0.3) is 0 Å². The molecule has 1 aliphatic rings. The molecule has 1 aromatic heterocycles. The van der Waals surface area contributed by atoms with Crippen molar-refractivity contribution in [1.82, 2.24) is 9.88 Å². The molecule has 0 spiro atoms. The third-order valence-electron chi connectivity index (χ3n) is 10.2. The van der Waals surface area contributed by atoms with Gasteiger partial charge in [-0.2, -0.15) is 0 Å². The average Bonchev–Trinajstić information content (AvgIpc) is 3.60. The maximum atomic E-state index is 15.4. The summed E-state index contributed by atoms with van der Waals surface area (Å²) in [6.45, 7) is 2.56. The van der Waals surface area contributed by atoms with Gasteiger partial charge in [-0.15, -0.1) is 0 Å². The van der Waals surface area contributed by atoms with Gasteiger partial charge in [0.1, 0.15) is 17.6 Å². The number of carbonyl (C=O) groups is 5. The molecule has 1 fully saturated rings. The van der Waals surface area contributed by atoms with E-state index in [-0.39, 0.29) is 31.8 Å². The number of amides is 1. The zero-order valence-corrected chi connectivity index (χ0v) is 29.9. The second-order valence-corrected chi connectivity index (χ2v) is 13.7. The molecule has 0 saturated carbocycles. The Balaban J connectivity index is 1.61. The lowest BCUT2D eigenvalue weighted by Gasteiger charge is -2.37. The second kappa shape index (κ2) is 18.8. The Morgan fingerprint density at radius 2 is 1.37 bits per heavy atom. The summed E-state index contributed by atoms with van der Waals surface area (Å²) in [6, 6.07) is 31.9. The molecule has 4 unspecified atom stereocenters. The fraction of sp³-hybridized carbons (Fsp3) is 0.364. The van der Waals surface area contributed by atoms with Gasteiger partial charge in [0, 0.05) is 43.7 Å². The Labute approximate surface area is 306 Å². The first kappa shape index (κ1) is 38.0. The SMILES string of the molecule is CCOC(=O)C(C(=O)C(CCN1CCCC1=O)Cc1ccccc1)C(C=O)(Cc1ccccc1)C(=O)C(CCc1ccncc1)Cc1ccccc1. The highest BCUT2D eigenvalue weighted by atomic mass is 16.5. The van der Waals surface area contributed by atoms with Crippen LogP contribution < -0.4 is 0 Å². The van der Waals surface area contributed by atoms with Crippen molar-refractivity contribution in [3.05, 3.63) is 138 Å². The summed E-state index contributed by atoms with van der Waals surface area (Å²) in [6.07, 6.45) is 6.82. The molecule has 1 aliphatic heterocycles. The average molecular weight is 701 g/mol. The van der Waals surface area contributed by atoms with Gasteiger partial charge in [-0.05, 0) is 86.3 Å². The first-order valence-electron chi connectivity index (χ1n) is 18.3. The minimum absolute atomic E-state index is 0.0296. The zero-order chi connectivity index (χ0) is 36.8. The van der Waals surface area contributed by atoms with Gasteiger partial charge < -0.3 is 14.4 Å². The molecule has 4 aromatic rings. The number of pyridine rings is 1. The monoisotopic (exact) mass is 700 g/mol. The van der Waals surface area contributed by atoms with Crippen LogP contribution in [-0.2, 0) is 54.4 Å². The topological polar surface area (TPSA) is 111 Å². The third-order valence-corrected chi connectivity index (χ3v) is 10.2. The maximum absolute atomic E-state index is 15.4. The molecule has 0 radical (unpaired) electrons. The molecule has 3 aromatic carbocycles. The van der Waals surface area contributed by atoms with Crippen LogP contribution in [0.2, 0.25) is 0 Å². The molecule has 1 amide bonds. The van der Waals surface area contributed by atoms with Crippen molar-refractivity contribution in [2.24, 2.45) is 23.2 Å². The number of hydrogen-bond acceptors (Lipinski definition) is 7. The molecule has 52 heavy (non-hydrogen) atoms. The van der Waals surface area contributed by atoms with Crippen molar-refractivity contribution in [2.75, 3.05) is 19.7 Å². The molecule has 1 saturated heterocycles. The maximum Gasteiger partial charge on any atom is 0.317 e. The fourth-order valence-corrected chi connectivity index (χ4v) is 7.46. The van der Waals surface area contributed by atoms with E-state index >= 15 is 9.59 Å². The predicted octanol–water partition coefficient (Wildman–Crippen LogP) is 6.49. The van der Waals surface area contributed by atoms with Crippen LogP contribution in [0.3, 0.4) is 0 Å². The van der Waals surface area contributed by atoms with Gasteiger partial charge in [0.25, 0.3) is 0 Å². The lowest BCUT2D eigenvalue weighted by atomic mass is 9.62. The molecule has 8 heteroatoms. The summed E-state index contributed by atoms with van der Waals surface area (Å²) in [5, 5.41) is 0. The lowest BCUT2D eigenvalue weighted by molar-refractivity contribution is -0.165. The van der Waals surface area contributed by atoms with E-state index in [4.69, 9.17) is 4.74 Å². The van der Waals surface area contributed by atoms with Crippen molar-refractivity contribution in [3.8, 4) is 0 Å². The lowest BCUT2D eigenvalue weighted by Crippen LogP contribution is -2.54. The number of rotatable bonds is 20. The van der Waals surface area contributed by atoms with Crippen LogP contribution in [0.1, 0.15) is 54.9 Å². The number of aromatic nitrogens is 1. The van der Waals surface area contributed by atoms with E-state index in [1.807, 2.05) is 103 Å². The van der Waals surface area contributed by atoms with E-state index in [2.05, 4.69) is 4.98 Å². The van der Waals surface area contributed by atoms with Crippen LogP contribution in [0.4, 0.5) is 0 Å². The molecule has 8 nitrogen and oxygen atoms in total. The number of nitrogens with zero attached hydrogens (tertiary/aromatic N) is 2. The quantitative estimate of drug-likeness (QED) is 0.0589. The highest BCUT2D eigenvalue weighted by Crippen LogP contribution is 2.40. The van der Waals surface area contributed by atoms with Crippen LogP contribution in [-0.4, -0.2) is 59.3 Å². The minimum Gasteiger partial charge on any atom is -0.465 e. The summed E-state index contributed by atoms with van der Waals surface area (Å²) in [5.41, 5.74) is 1.37. The van der Waals surface area contributed by atoms with Crippen molar-refractivity contribution in [2.45, 2.75) is 58.3 Å². The number of ether oxygens (including phenoxy) is 1. The Morgan fingerprint density at radius 3 is 1.90 bits per heavy atom. The summed E-state index contributed by atoms with van der Waals surface area (Å²) in [5.74, 6) is -4.98. The molecule has 4 atom stereocenters. The number of likely N-dealkylation sites (tertiary alicyclic amines) is 1. The third kappa shape index (κ3) is 9.75. The zero-order valence-electron chi connectivity index (χ0n) is 29.9. The molecule has 5 rings (SSSR count). The van der Waals surface area contributed by atoms with E-state index in [1.54, 1.807) is 24.2 Å². The van der Waals surface area contributed by atoms with E-state index in [9.17, 15) is 14.4 Å². The van der Waals surface area contributed by atoms with Gasteiger partial charge in [-0.25, -0.2) is 0 Å². The van der Waals surface area contributed by atoms with E-state index in [0.29, 0.717) is 50.6 Å². The largest absolute Gasteiger partial charge is 0.465 e. The van der Waals surface area contributed by atoms with Gasteiger partial charge in [-0.1, -0.05) is 91.0 Å². The predicted molar refractivity (Wildman–Crippen MR) is 199 cm³/mol. The molecular formula is C44H48N2O6. The fourth-order valence-electron chi connectivity index (χ4n) is 7.46. The Morgan fingerprint density at radius 1 is 0.788 bits per heavy atom. The number of aryl methyl sites for hydroxylation is 1. The number of carbonyl (C=O) groups excluding carboxylic acids is 5. The van der Waals surface area contributed by atoms with Gasteiger partial charge in [0.05, 0.1) is 6.61 Å². The van der Waals surface area contributed by atoms with E-state index in [0.717, 1.165) is 23.1 Å². The van der Waals surface area contributed by atoms with Gasteiger partial charge >= 0.3 is 5.97 Å². The molecule has 0 N–H and O–H groups in total. The van der Waals surface area contributed by atoms with Gasteiger partial charge in [-0.3, -0.25) is 24.2 Å². The first-order chi connectivity index (χ1) is 25.3. The Kier molecular flexibility index (Phi) is 13.8. The summed E-state index contributed by atoms with van der Waals surface area (Å²) < 4.78 is 5.60. The summed E-state index contributed by atoms with van der Waals surface area (Å²) >= 11 is 0. The van der Waals surface area contributed by atoms with E-state index < -0.39 is 40.7 Å². The minimum atomic E-state index is -2.05. The van der Waals surface area contributed by atoms with Crippen molar-refractivity contribution < 1.29 is 28.7 Å². The van der Waals surface area contributed by atoms with Crippen LogP contribution in [0, 0.1) is 23.2 Å². The highest BCUT2D eigenvalue weighted by Gasteiger charge is 2.56. The molecule has 270 valence electrons.